The van der Waals surface area contributed by atoms with Gasteiger partial charge >= 0.3 is 0 Å². The van der Waals surface area contributed by atoms with Crippen molar-refractivity contribution in [3.8, 4) is 17.2 Å². The van der Waals surface area contributed by atoms with E-state index in [1.54, 1.807) is 28.8 Å². The SMILES string of the molecule is CCOc1cccc(C(=O)N[C@@H]2[C@H](O)[C@@H](CO)O[C@H]2n2cnc3c(NCc4ccc5c(c4)OCO5)ncnc32)c1. The van der Waals surface area contributed by atoms with Gasteiger partial charge in [-0.2, -0.15) is 0 Å². The number of amides is 1. The van der Waals surface area contributed by atoms with Gasteiger partial charge in [-0.25, -0.2) is 15.0 Å². The molecule has 4 N–H and O–H groups in total. The molecule has 2 aliphatic heterocycles. The molecule has 13 nitrogen and oxygen atoms in total. The number of anilines is 1. The molecule has 13 heteroatoms. The van der Waals surface area contributed by atoms with Crippen LogP contribution in [0.1, 0.15) is 29.1 Å². The van der Waals surface area contributed by atoms with Gasteiger partial charge in [0.15, 0.2) is 34.7 Å². The summed E-state index contributed by atoms with van der Waals surface area (Å²) in [6.07, 6.45) is -0.0981. The van der Waals surface area contributed by atoms with Gasteiger partial charge in [-0.05, 0) is 42.8 Å². The zero-order chi connectivity index (χ0) is 27.6. The van der Waals surface area contributed by atoms with Crippen LogP contribution in [-0.2, 0) is 11.3 Å². The molecule has 4 heterocycles. The molecule has 2 aromatic heterocycles. The summed E-state index contributed by atoms with van der Waals surface area (Å²) in [7, 11) is 0. The number of ether oxygens (including phenoxy) is 4. The van der Waals surface area contributed by atoms with Crippen LogP contribution in [0.4, 0.5) is 5.82 Å². The van der Waals surface area contributed by atoms with Gasteiger partial charge in [-0.1, -0.05) is 12.1 Å². The number of hydrogen-bond donors (Lipinski definition) is 4. The van der Waals surface area contributed by atoms with Gasteiger partial charge in [0, 0.05) is 12.1 Å². The average molecular weight is 549 g/mol. The first kappa shape index (κ1) is 25.8. The number of nitrogens with one attached hydrogen (secondary N) is 2. The largest absolute Gasteiger partial charge is 0.494 e. The molecule has 0 radical (unpaired) electrons. The predicted octanol–water partition coefficient (Wildman–Crippen LogP) is 1.61. The number of nitrogens with zero attached hydrogens (tertiary/aromatic N) is 4. The number of fused-ring (bicyclic) bond motifs is 2. The number of carbonyl (C=O) groups is 1. The normalized spacial score (nSPS) is 21.5. The Morgan fingerprint density at radius 2 is 2.02 bits per heavy atom. The summed E-state index contributed by atoms with van der Waals surface area (Å²) < 4.78 is 23.9. The maximum absolute atomic E-state index is 13.1. The highest BCUT2D eigenvalue weighted by atomic mass is 16.7. The van der Waals surface area contributed by atoms with Crippen LogP contribution in [0.2, 0.25) is 0 Å². The van der Waals surface area contributed by atoms with Crippen molar-refractivity contribution in [2.24, 2.45) is 0 Å². The van der Waals surface area contributed by atoms with Crippen LogP contribution < -0.4 is 24.8 Å². The van der Waals surface area contributed by atoms with Gasteiger partial charge in [0.1, 0.15) is 30.3 Å². The average Bonchev–Trinajstić information content (AvgIpc) is 3.69. The molecule has 0 unspecified atom stereocenters. The number of aromatic nitrogens is 4. The monoisotopic (exact) mass is 548 g/mol. The van der Waals surface area contributed by atoms with Crippen LogP contribution >= 0.6 is 0 Å². The lowest BCUT2D eigenvalue weighted by Gasteiger charge is -2.23. The van der Waals surface area contributed by atoms with Crippen LogP contribution in [0.15, 0.2) is 55.1 Å². The van der Waals surface area contributed by atoms with Crippen molar-refractivity contribution >= 4 is 22.9 Å². The van der Waals surface area contributed by atoms with Crippen molar-refractivity contribution in [2.45, 2.75) is 37.9 Å². The van der Waals surface area contributed by atoms with Gasteiger partial charge in [0.2, 0.25) is 6.79 Å². The summed E-state index contributed by atoms with van der Waals surface area (Å²) >= 11 is 0. The first-order valence-corrected chi connectivity index (χ1v) is 12.8. The summed E-state index contributed by atoms with van der Waals surface area (Å²) in [5.41, 5.74) is 2.22. The lowest BCUT2D eigenvalue weighted by atomic mass is 10.1. The van der Waals surface area contributed by atoms with Gasteiger partial charge < -0.3 is 39.8 Å². The third kappa shape index (κ3) is 4.85. The van der Waals surface area contributed by atoms with Crippen molar-refractivity contribution in [3.63, 3.8) is 0 Å². The zero-order valence-electron chi connectivity index (χ0n) is 21.6. The summed E-state index contributed by atoms with van der Waals surface area (Å²) in [6, 6.07) is 11.5. The number of carbonyl (C=O) groups excluding carboxylic acids is 1. The molecule has 4 atom stereocenters. The van der Waals surface area contributed by atoms with E-state index in [2.05, 4.69) is 25.6 Å². The van der Waals surface area contributed by atoms with Gasteiger partial charge in [-0.3, -0.25) is 9.36 Å². The summed E-state index contributed by atoms with van der Waals surface area (Å²) in [5, 5.41) is 26.9. The second-order valence-electron chi connectivity index (χ2n) is 9.29. The molecular weight excluding hydrogens is 520 g/mol. The second-order valence-corrected chi connectivity index (χ2v) is 9.29. The highest BCUT2D eigenvalue weighted by Crippen LogP contribution is 2.34. The van der Waals surface area contributed by atoms with E-state index >= 15 is 0 Å². The Labute approximate surface area is 228 Å². The molecule has 6 rings (SSSR count). The molecule has 4 aromatic rings. The maximum Gasteiger partial charge on any atom is 0.251 e. The summed E-state index contributed by atoms with van der Waals surface area (Å²) in [5.74, 6) is 2.01. The maximum atomic E-state index is 13.1. The minimum Gasteiger partial charge on any atom is -0.494 e. The molecule has 208 valence electrons. The Morgan fingerprint density at radius 3 is 2.88 bits per heavy atom. The Bertz CT molecular complexity index is 1530. The van der Waals surface area contributed by atoms with Gasteiger partial charge in [-0.15, -0.1) is 0 Å². The van der Waals surface area contributed by atoms with Crippen LogP contribution in [0.5, 0.6) is 17.2 Å². The molecule has 0 aliphatic carbocycles. The van der Waals surface area contributed by atoms with Crippen molar-refractivity contribution < 1.29 is 34.0 Å². The van der Waals surface area contributed by atoms with E-state index in [1.807, 2.05) is 25.1 Å². The third-order valence-corrected chi connectivity index (χ3v) is 6.79. The zero-order valence-corrected chi connectivity index (χ0v) is 21.6. The number of imidazole rings is 1. The standard InChI is InChI=1S/C27H28N6O7/c1-2-37-17-5-3-4-16(9-17)26(36)32-21-23(35)20(11-34)40-27(21)33-13-31-22-24(29-12-30-25(22)33)28-10-15-6-7-18-19(8-15)39-14-38-18/h3-9,12-13,20-21,23,27,34-35H,2,10-11,14H2,1H3,(H,32,36)(H,28,29,30)/t20-,21-,23-,27-/m1/s1. The molecule has 1 fully saturated rings. The molecule has 40 heavy (non-hydrogen) atoms. The van der Waals surface area contributed by atoms with Crippen LogP contribution in [0.25, 0.3) is 11.2 Å². The number of rotatable bonds is 9. The van der Waals surface area contributed by atoms with Crippen LogP contribution in [-0.4, -0.2) is 73.9 Å². The smallest absolute Gasteiger partial charge is 0.251 e. The highest BCUT2D eigenvalue weighted by Gasteiger charge is 2.46. The molecule has 0 spiro atoms. The third-order valence-electron chi connectivity index (χ3n) is 6.79. The van der Waals surface area contributed by atoms with Gasteiger partial charge in [0.05, 0.1) is 19.5 Å². The molecule has 1 amide bonds. The number of hydrogen-bond acceptors (Lipinski definition) is 11. The van der Waals surface area contributed by atoms with Crippen LogP contribution in [0, 0.1) is 0 Å². The van der Waals surface area contributed by atoms with Crippen molar-refractivity contribution in [3.05, 3.63) is 66.2 Å². The minimum absolute atomic E-state index is 0.201. The fraction of sp³-hybridized carbons (Fsp3) is 0.333. The van der Waals surface area contributed by atoms with Gasteiger partial charge in [0.25, 0.3) is 5.91 Å². The minimum atomic E-state index is -1.18. The summed E-state index contributed by atoms with van der Waals surface area (Å²) in [6.45, 7) is 2.53. The molecular formula is C27H28N6O7. The van der Waals surface area contributed by atoms with Crippen LogP contribution in [0.3, 0.4) is 0 Å². The lowest BCUT2D eigenvalue weighted by molar-refractivity contribution is -0.0440. The van der Waals surface area contributed by atoms with Crippen molar-refractivity contribution in [1.82, 2.24) is 24.8 Å². The van der Waals surface area contributed by atoms with E-state index in [4.69, 9.17) is 18.9 Å². The van der Waals surface area contributed by atoms with Crippen molar-refractivity contribution in [2.75, 3.05) is 25.3 Å². The molecule has 0 saturated carbocycles. The topological polar surface area (TPSA) is 162 Å². The number of aliphatic hydroxyl groups excluding tert-OH is 2. The first-order chi connectivity index (χ1) is 19.6. The van der Waals surface area contributed by atoms with E-state index in [0.29, 0.717) is 52.9 Å². The summed E-state index contributed by atoms with van der Waals surface area (Å²) in [4.78, 5) is 26.4. The van der Waals surface area contributed by atoms with E-state index in [1.165, 1.54) is 12.7 Å². The first-order valence-electron chi connectivity index (χ1n) is 12.8. The predicted molar refractivity (Wildman–Crippen MR) is 141 cm³/mol. The van der Waals surface area contributed by atoms with E-state index < -0.39 is 37.0 Å². The van der Waals surface area contributed by atoms with E-state index in [9.17, 15) is 15.0 Å². The second kappa shape index (κ2) is 11.0. The molecule has 2 aliphatic rings. The molecule has 1 saturated heterocycles. The Kier molecular flexibility index (Phi) is 7.07. The highest BCUT2D eigenvalue weighted by molar-refractivity contribution is 5.95. The van der Waals surface area contributed by atoms with E-state index in [0.717, 1.165) is 5.56 Å². The molecule has 0 bridgehead atoms. The van der Waals surface area contributed by atoms with Crippen molar-refractivity contribution in [1.29, 1.82) is 0 Å². The number of benzene rings is 2. The lowest BCUT2D eigenvalue weighted by Crippen LogP contribution is -2.46. The fourth-order valence-corrected chi connectivity index (χ4v) is 4.82. The Hall–Kier alpha value is -4.46. The van der Waals surface area contributed by atoms with E-state index in [-0.39, 0.29) is 6.79 Å². The Morgan fingerprint density at radius 1 is 1.15 bits per heavy atom. The quantitative estimate of drug-likeness (QED) is 0.240. The Balaban J connectivity index is 1.24. The fourth-order valence-electron chi connectivity index (χ4n) is 4.82. The molecule has 2 aromatic carbocycles. The number of aliphatic hydroxyl groups is 2.